The number of hydrogen-bond donors (Lipinski definition) is 1. The summed E-state index contributed by atoms with van der Waals surface area (Å²) in [6.07, 6.45) is 10.0. The van der Waals surface area contributed by atoms with Crippen LogP contribution in [0.4, 0.5) is 0 Å². The van der Waals surface area contributed by atoms with E-state index in [0.29, 0.717) is 10.8 Å². The first-order valence-electron chi connectivity index (χ1n) is 8.42. The minimum Gasteiger partial charge on any atom is -0.508 e. The van der Waals surface area contributed by atoms with Crippen LogP contribution in [0.5, 0.6) is 5.75 Å². The van der Waals surface area contributed by atoms with Crippen molar-refractivity contribution in [3.8, 4) is 5.75 Å². The molecule has 1 aromatic rings. The number of phenols is 1. The van der Waals surface area contributed by atoms with Crippen molar-refractivity contribution in [1.82, 2.24) is 0 Å². The number of allylic oxidation sites excluding steroid dienone is 4. The van der Waals surface area contributed by atoms with Crippen LogP contribution in [0.3, 0.4) is 0 Å². The molecule has 0 heterocycles. The van der Waals surface area contributed by atoms with Gasteiger partial charge in [0.15, 0.2) is 0 Å². The molecule has 0 aliphatic heterocycles. The zero-order valence-electron chi connectivity index (χ0n) is 16.6. The van der Waals surface area contributed by atoms with E-state index in [1.165, 1.54) is 9.00 Å². The molecular formula is C21H33OSiTi. The van der Waals surface area contributed by atoms with Crippen LogP contribution in [-0.2, 0) is 20.0 Å². The second-order valence-electron chi connectivity index (χ2n) is 7.94. The summed E-state index contributed by atoms with van der Waals surface area (Å²) in [5.74, 6) is 0.398. The van der Waals surface area contributed by atoms with Gasteiger partial charge in [0.1, 0.15) is 5.75 Å². The SMILES string of the molecule is C[C](C)=[Ti+].Cc1cc(O)cc([Si](C)(C)C(C)(C)C)c1.[C-]1=CC=CC1. The van der Waals surface area contributed by atoms with E-state index in [-0.39, 0.29) is 0 Å². The molecule has 0 atom stereocenters. The fraction of sp³-hybridized carbons (Fsp3) is 0.476. The van der Waals surface area contributed by atoms with Crippen molar-refractivity contribution in [2.24, 2.45) is 0 Å². The minimum absolute atomic E-state index is 0.313. The predicted molar refractivity (Wildman–Crippen MR) is 108 cm³/mol. The van der Waals surface area contributed by atoms with Crippen molar-refractivity contribution in [1.29, 1.82) is 0 Å². The third-order valence-corrected chi connectivity index (χ3v) is 9.73. The Morgan fingerprint density at radius 3 is 2.00 bits per heavy atom. The van der Waals surface area contributed by atoms with E-state index in [2.05, 4.69) is 85.9 Å². The van der Waals surface area contributed by atoms with Gasteiger partial charge in [-0.1, -0.05) is 45.1 Å². The third-order valence-electron chi connectivity index (χ3n) is 4.24. The van der Waals surface area contributed by atoms with Gasteiger partial charge in [0, 0.05) is 0 Å². The first-order chi connectivity index (χ1) is 10.9. The Morgan fingerprint density at radius 2 is 1.71 bits per heavy atom. The molecule has 1 aliphatic carbocycles. The Hall–Kier alpha value is -0.699. The molecule has 0 fully saturated rings. The molecule has 1 nitrogen and oxygen atoms in total. The molecule has 3 heteroatoms. The van der Waals surface area contributed by atoms with Crippen molar-refractivity contribution < 1.29 is 25.1 Å². The zero-order valence-corrected chi connectivity index (χ0v) is 19.2. The molecule has 0 aromatic heterocycles. The molecule has 1 aliphatic rings. The first kappa shape index (κ1) is 23.3. The smallest absolute Gasteiger partial charge is 0.115 e. The minimum atomic E-state index is -1.50. The number of phenolic OH excluding ortho intramolecular Hbond substituents is 1. The van der Waals surface area contributed by atoms with Gasteiger partial charge in [-0.3, -0.25) is 6.08 Å². The predicted octanol–water partition coefficient (Wildman–Crippen LogP) is 5.47. The van der Waals surface area contributed by atoms with Crippen molar-refractivity contribution >= 4 is 17.1 Å². The summed E-state index contributed by atoms with van der Waals surface area (Å²) in [7, 11) is -1.50. The summed E-state index contributed by atoms with van der Waals surface area (Å²) in [6, 6.07) is 5.97. The Morgan fingerprint density at radius 1 is 1.17 bits per heavy atom. The van der Waals surface area contributed by atoms with Gasteiger partial charge < -0.3 is 5.11 Å². The molecule has 0 saturated heterocycles. The molecule has 0 bridgehead atoms. The van der Waals surface area contributed by atoms with E-state index in [4.69, 9.17) is 0 Å². The molecule has 131 valence electrons. The van der Waals surface area contributed by atoms with E-state index >= 15 is 0 Å². The molecule has 2 rings (SSSR count). The van der Waals surface area contributed by atoms with Gasteiger partial charge in [-0.15, -0.1) is 6.42 Å². The Kier molecular flexibility index (Phi) is 10.0. The maximum Gasteiger partial charge on any atom is 0.115 e. The van der Waals surface area contributed by atoms with Crippen LogP contribution in [0.15, 0.2) is 36.4 Å². The van der Waals surface area contributed by atoms with Crippen LogP contribution in [0, 0.1) is 13.0 Å². The molecule has 1 aromatic carbocycles. The van der Waals surface area contributed by atoms with Gasteiger partial charge in [-0.05, 0) is 29.7 Å². The van der Waals surface area contributed by atoms with Gasteiger partial charge in [0.05, 0.1) is 8.07 Å². The second kappa shape index (κ2) is 10.3. The maximum atomic E-state index is 9.65. The summed E-state index contributed by atoms with van der Waals surface area (Å²) in [5, 5.41) is 11.3. The van der Waals surface area contributed by atoms with Gasteiger partial charge >= 0.3 is 37.6 Å². The summed E-state index contributed by atoms with van der Waals surface area (Å²) in [6.45, 7) is 17.8. The van der Waals surface area contributed by atoms with Crippen LogP contribution in [0.25, 0.3) is 0 Å². The monoisotopic (exact) mass is 377 g/mol. The van der Waals surface area contributed by atoms with Gasteiger partial charge in [-0.25, -0.2) is 12.2 Å². The Balaban J connectivity index is 0.000000478. The quantitative estimate of drug-likeness (QED) is 0.508. The number of aromatic hydroxyl groups is 1. The molecule has 0 spiro atoms. The van der Waals surface area contributed by atoms with Gasteiger partial charge in [-0.2, -0.15) is 6.08 Å². The Bertz CT molecular complexity index is 558. The average molecular weight is 377 g/mol. The zero-order chi connectivity index (χ0) is 19.0. The van der Waals surface area contributed by atoms with Crippen molar-refractivity contribution in [2.75, 3.05) is 0 Å². The van der Waals surface area contributed by atoms with Crippen LogP contribution in [0.1, 0.15) is 46.6 Å². The van der Waals surface area contributed by atoms with Crippen molar-refractivity contribution in [3.05, 3.63) is 48.1 Å². The molecule has 0 unspecified atom stereocenters. The van der Waals surface area contributed by atoms with E-state index in [9.17, 15) is 5.11 Å². The molecule has 1 N–H and O–H groups in total. The molecule has 0 amide bonds. The number of rotatable bonds is 1. The summed E-state index contributed by atoms with van der Waals surface area (Å²) >= 11 is 2.08. The molecule has 24 heavy (non-hydrogen) atoms. The maximum absolute atomic E-state index is 9.65. The van der Waals surface area contributed by atoms with E-state index in [1.807, 2.05) is 31.2 Å². The fourth-order valence-corrected chi connectivity index (χ4v) is 3.86. The van der Waals surface area contributed by atoms with Crippen LogP contribution >= 0.6 is 0 Å². The first-order valence-corrected chi connectivity index (χ1v) is 12.2. The normalized spacial score (nSPS) is 12.9. The fourth-order valence-electron chi connectivity index (χ4n) is 1.90. The molecule has 0 saturated carbocycles. The number of hydrogen-bond acceptors (Lipinski definition) is 1. The standard InChI is InChI=1S/C13H22OSi.C5H5.C3H6.Ti/c1-10-7-11(14)9-12(8-10)15(5,6)13(2,3)4;1-2-4-5-3-1;1-3-2;/h7-9,14H,1-6H3;1-3H,4H2;1-2H3;/q;-1;;+1. The number of benzene rings is 1. The average Bonchev–Trinajstić information content (AvgIpc) is 2.94. The largest absolute Gasteiger partial charge is 0.508 e. The van der Waals surface area contributed by atoms with Crippen LogP contribution < -0.4 is 5.19 Å². The topological polar surface area (TPSA) is 20.2 Å². The van der Waals surface area contributed by atoms with Crippen LogP contribution in [-0.4, -0.2) is 17.0 Å². The summed E-state index contributed by atoms with van der Waals surface area (Å²) < 4.78 is 1.42. The van der Waals surface area contributed by atoms with Crippen molar-refractivity contribution in [2.45, 2.75) is 66.1 Å². The second-order valence-corrected chi connectivity index (χ2v) is 14.8. The van der Waals surface area contributed by atoms with E-state index in [1.54, 1.807) is 0 Å². The van der Waals surface area contributed by atoms with Gasteiger partial charge in [0.25, 0.3) is 0 Å². The number of aryl methyl sites for hydroxylation is 1. The molecular weight excluding hydrogens is 344 g/mol. The van der Waals surface area contributed by atoms with Gasteiger partial charge in [0.2, 0.25) is 0 Å². The van der Waals surface area contributed by atoms with Crippen molar-refractivity contribution in [3.63, 3.8) is 0 Å². The van der Waals surface area contributed by atoms with E-state index in [0.717, 1.165) is 12.0 Å². The Labute approximate surface area is 161 Å². The summed E-state index contributed by atoms with van der Waals surface area (Å²) in [5.41, 5.74) is 1.15. The molecule has 0 radical (unpaired) electrons. The van der Waals surface area contributed by atoms with Crippen LogP contribution in [0.2, 0.25) is 18.1 Å². The van der Waals surface area contributed by atoms with E-state index < -0.39 is 8.07 Å². The summed E-state index contributed by atoms with van der Waals surface area (Å²) in [4.78, 5) is 0. The third kappa shape index (κ3) is 8.96.